The molecule has 2 aromatic carbocycles. The number of halogens is 1. The van der Waals surface area contributed by atoms with Gasteiger partial charge in [-0.1, -0.05) is 42.5 Å². The second-order valence-corrected chi connectivity index (χ2v) is 4.52. The Kier molecular flexibility index (Phi) is 5.80. The normalized spacial score (nSPS) is 11.7. The van der Waals surface area contributed by atoms with Gasteiger partial charge < -0.3 is 11.1 Å². The minimum Gasteiger partial charge on any atom is -0.352 e. The Hall–Kier alpha value is -1.58. The zero-order valence-electron chi connectivity index (χ0n) is 10.9. The van der Waals surface area contributed by atoms with E-state index in [1.165, 1.54) is 0 Å². The molecule has 1 amide bonds. The first kappa shape index (κ1) is 15.5. The third kappa shape index (κ3) is 3.94. The zero-order chi connectivity index (χ0) is 13.0. The minimum atomic E-state index is 0. The van der Waals surface area contributed by atoms with Gasteiger partial charge in [-0.15, -0.1) is 12.4 Å². The lowest BCUT2D eigenvalue weighted by Gasteiger charge is -2.12. The lowest BCUT2D eigenvalue weighted by Crippen LogP contribution is -2.38. The van der Waals surface area contributed by atoms with Crippen LogP contribution in [0, 0.1) is 0 Å². The van der Waals surface area contributed by atoms with E-state index in [2.05, 4.69) is 17.4 Å². The molecule has 0 aliphatic heterocycles. The average Bonchev–Trinajstić information content (AvgIpc) is 2.39. The third-order valence-corrected chi connectivity index (χ3v) is 2.99. The Bertz CT molecular complexity index is 551. The highest BCUT2D eigenvalue weighted by Gasteiger charge is 2.08. The summed E-state index contributed by atoms with van der Waals surface area (Å²) in [5, 5.41) is 5.18. The van der Waals surface area contributed by atoms with Gasteiger partial charge in [-0.25, -0.2) is 0 Å². The van der Waals surface area contributed by atoms with Crippen molar-refractivity contribution in [3.05, 3.63) is 48.0 Å². The van der Waals surface area contributed by atoms with Crippen LogP contribution in [0.15, 0.2) is 42.5 Å². The van der Waals surface area contributed by atoms with Crippen molar-refractivity contribution in [2.75, 3.05) is 6.54 Å². The Morgan fingerprint density at radius 1 is 1.21 bits per heavy atom. The van der Waals surface area contributed by atoms with Crippen molar-refractivity contribution in [2.45, 2.75) is 19.4 Å². The molecule has 19 heavy (non-hydrogen) atoms. The van der Waals surface area contributed by atoms with Crippen molar-refractivity contribution >= 4 is 29.1 Å². The number of carbonyl (C=O) groups is 1. The SMILES string of the molecule is C[C@H](CN)NC(=O)Cc1cccc2ccccc12.Cl. The first-order chi connectivity index (χ1) is 8.70. The van der Waals surface area contributed by atoms with Crippen LogP contribution in [-0.2, 0) is 11.2 Å². The summed E-state index contributed by atoms with van der Waals surface area (Å²) in [4.78, 5) is 11.9. The summed E-state index contributed by atoms with van der Waals surface area (Å²) in [5.41, 5.74) is 6.54. The van der Waals surface area contributed by atoms with E-state index in [0.29, 0.717) is 13.0 Å². The van der Waals surface area contributed by atoms with Crippen molar-refractivity contribution < 1.29 is 4.79 Å². The molecule has 1 atom stereocenters. The zero-order valence-corrected chi connectivity index (χ0v) is 11.7. The standard InChI is InChI=1S/C15H18N2O.ClH/c1-11(10-16)17-15(18)9-13-7-4-6-12-5-2-3-8-14(12)13;/h2-8,11H,9-10,16H2,1H3,(H,17,18);1H/t11-;/m1./s1. The van der Waals surface area contributed by atoms with Crippen molar-refractivity contribution in [3.63, 3.8) is 0 Å². The maximum Gasteiger partial charge on any atom is 0.224 e. The molecule has 0 aliphatic rings. The maximum atomic E-state index is 11.9. The predicted molar refractivity (Wildman–Crippen MR) is 81.6 cm³/mol. The van der Waals surface area contributed by atoms with Gasteiger partial charge >= 0.3 is 0 Å². The minimum absolute atomic E-state index is 0. The molecule has 0 saturated carbocycles. The molecular formula is C15H19ClN2O. The topological polar surface area (TPSA) is 55.1 Å². The van der Waals surface area contributed by atoms with Gasteiger partial charge in [0.1, 0.15) is 0 Å². The third-order valence-electron chi connectivity index (χ3n) is 2.99. The molecule has 0 fully saturated rings. The molecule has 0 spiro atoms. The molecule has 0 saturated heterocycles. The molecule has 102 valence electrons. The van der Waals surface area contributed by atoms with Crippen LogP contribution in [0.5, 0.6) is 0 Å². The van der Waals surface area contributed by atoms with Gasteiger partial charge in [0.2, 0.25) is 5.91 Å². The Morgan fingerprint density at radius 3 is 2.63 bits per heavy atom. The van der Waals surface area contributed by atoms with Crippen molar-refractivity contribution in [2.24, 2.45) is 5.73 Å². The second kappa shape index (κ2) is 7.12. The second-order valence-electron chi connectivity index (χ2n) is 4.52. The summed E-state index contributed by atoms with van der Waals surface area (Å²) < 4.78 is 0. The van der Waals surface area contributed by atoms with Crippen LogP contribution in [0.25, 0.3) is 10.8 Å². The van der Waals surface area contributed by atoms with E-state index >= 15 is 0 Å². The smallest absolute Gasteiger partial charge is 0.224 e. The fourth-order valence-electron chi connectivity index (χ4n) is 2.00. The molecule has 3 nitrogen and oxygen atoms in total. The monoisotopic (exact) mass is 278 g/mol. The largest absolute Gasteiger partial charge is 0.352 e. The fraction of sp³-hybridized carbons (Fsp3) is 0.267. The fourth-order valence-corrected chi connectivity index (χ4v) is 2.00. The van der Waals surface area contributed by atoms with E-state index < -0.39 is 0 Å². The number of benzene rings is 2. The number of rotatable bonds is 4. The van der Waals surface area contributed by atoms with Crippen LogP contribution in [0.4, 0.5) is 0 Å². The maximum absolute atomic E-state index is 11.9. The van der Waals surface area contributed by atoms with Crippen LogP contribution in [-0.4, -0.2) is 18.5 Å². The van der Waals surface area contributed by atoms with Crippen LogP contribution in [0.2, 0.25) is 0 Å². The number of nitrogens with one attached hydrogen (secondary N) is 1. The van der Waals surface area contributed by atoms with Gasteiger partial charge in [0.25, 0.3) is 0 Å². The highest BCUT2D eigenvalue weighted by molar-refractivity contribution is 5.90. The van der Waals surface area contributed by atoms with Crippen LogP contribution in [0.3, 0.4) is 0 Å². The first-order valence-corrected chi connectivity index (χ1v) is 6.17. The van der Waals surface area contributed by atoms with Crippen molar-refractivity contribution in [1.29, 1.82) is 0 Å². The van der Waals surface area contributed by atoms with Crippen LogP contribution < -0.4 is 11.1 Å². The molecule has 3 N–H and O–H groups in total. The number of hydrogen-bond donors (Lipinski definition) is 2. The van der Waals surface area contributed by atoms with Gasteiger partial charge in [0.05, 0.1) is 6.42 Å². The highest BCUT2D eigenvalue weighted by atomic mass is 35.5. The molecule has 0 bridgehead atoms. The van der Waals surface area contributed by atoms with Crippen LogP contribution >= 0.6 is 12.4 Å². The van der Waals surface area contributed by atoms with Gasteiger partial charge in [-0.2, -0.15) is 0 Å². The molecule has 0 unspecified atom stereocenters. The summed E-state index contributed by atoms with van der Waals surface area (Å²) in [5.74, 6) is 0.0179. The van der Waals surface area contributed by atoms with E-state index in [9.17, 15) is 4.79 Å². The molecule has 2 rings (SSSR count). The molecule has 0 radical (unpaired) electrons. The summed E-state index contributed by atoms with van der Waals surface area (Å²) in [6, 6.07) is 14.1. The summed E-state index contributed by atoms with van der Waals surface area (Å²) in [6.45, 7) is 2.36. The number of hydrogen-bond acceptors (Lipinski definition) is 2. The molecule has 0 heterocycles. The summed E-state index contributed by atoms with van der Waals surface area (Å²) in [6.07, 6.45) is 0.395. The number of carbonyl (C=O) groups excluding carboxylic acids is 1. The van der Waals surface area contributed by atoms with E-state index in [1.807, 2.05) is 37.3 Å². The summed E-state index contributed by atoms with van der Waals surface area (Å²) >= 11 is 0. The molecule has 4 heteroatoms. The Morgan fingerprint density at radius 2 is 1.89 bits per heavy atom. The predicted octanol–water partition coefficient (Wildman–Crippen LogP) is 2.27. The van der Waals surface area contributed by atoms with E-state index in [4.69, 9.17) is 5.73 Å². The summed E-state index contributed by atoms with van der Waals surface area (Å²) in [7, 11) is 0. The Balaban J connectivity index is 0.00000180. The van der Waals surface area contributed by atoms with Crippen LogP contribution in [0.1, 0.15) is 12.5 Å². The quantitative estimate of drug-likeness (QED) is 0.901. The van der Waals surface area contributed by atoms with E-state index in [0.717, 1.165) is 16.3 Å². The number of fused-ring (bicyclic) bond motifs is 1. The van der Waals surface area contributed by atoms with Gasteiger partial charge in [0.15, 0.2) is 0 Å². The van der Waals surface area contributed by atoms with E-state index in [-0.39, 0.29) is 24.4 Å². The first-order valence-electron chi connectivity index (χ1n) is 6.17. The Labute approximate surface area is 119 Å². The number of nitrogens with two attached hydrogens (primary N) is 1. The lowest BCUT2D eigenvalue weighted by atomic mass is 10.0. The van der Waals surface area contributed by atoms with Gasteiger partial charge in [-0.05, 0) is 23.3 Å². The van der Waals surface area contributed by atoms with Gasteiger partial charge in [0, 0.05) is 12.6 Å². The molecule has 2 aromatic rings. The average molecular weight is 279 g/mol. The van der Waals surface area contributed by atoms with Gasteiger partial charge in [-0.3, -0.25) is 4.79 Å². The molecular weight excluding hydrogens is 260 g/mol. The van der Waals surface area contributed by atoms with E-state index in [1.54, 1.807) is 0 Å². The van der Waals surface area contributed by atoms with Crippen molar-refractivity contribution in [3.8, 4) is 0 Å². The molecule has 0 aliphatic carbocycles. The lowest BCUT2D eigenvalue weighted by molar-refractivity contribution is -0.120. The van der Waals surface area contributed by atoms with Crippen molar-refractivity contribution in [1.82, 2.24) is 5.32 Å². The number of amides is 1. The highest BCUT2D eigenvalue weighted by Crippen LogP contribution is 2.18. The molecule has 0 aromatic heterocycles.